The van der Waals surface area contributed by atoms with Crippen molar-refractivity contribution < 1.29 is 39.8 Å². The molecule has 91 heavy (non-hydrogen) atoms. The van der Waals surface area contributed by atoms with Gasteiger partial charge in [-0.2, -0.15) is 0 Å². The number of carbonyl (C=O) groups is 1. The van der Waals surface area contributed by atoms with Gasteiger partial charge in [-0.25, -0.2) is 0 Å². The summed E-state index contributed by atoms with van der Waals surface area (Å²) in [6.07, 6.45) is 98.6. The van der Waals surface area contributed by atoms with Gasteiger partial charge < -0.3 is 40.3 Å². The molecular formula is C82H141NO8. The summed E-state index contributed by atoms with van der Waals surface area (Å²) in [6, 6.07) is -0.837. The Morgan fingerprint density at radius 3 is 1.05 bits per heavy atom. The molecule has 7 unspecified atom stereocenters. The highest BCUT2D eigenvalue weighted by Crippen LogP contribution is 2.23. The molecule has 0 spiro atoms. The summed E-state index contributed by atoms with van der Waals surface area (Å²) in [4.78, 5) is 13.1. The third-order valence-corrected chi connectivity index (χ3v) is 17.2. The predicted octanol–water partition coefficient (Wildman–Crippen LogP) is 21.5. The van der Waals surface area contributed by atoms with E-state index in [0.29, 0.717) is 6.42 Å². The van der Waals surface area contributed by atoms with Crippen LogP contribution in [-0.4, -0.2) is 87.5 Å². The third-order valence-electron chi connectivity index (χ3n) is 17.2. The molecule has 1 aliphatic heterocycles. The van der Waals surface area contributed by atoms with E-state index in [1.807, 2.05) is 6.08 Å². The summed E-state index contributed by atoms with van der Waals surface area (Å²) >= 11 is 0. The molecular weight excluding hydrogens is 1130 g/mol. The van der Waals surface area contributed by atoms with Crippen molar-refractivity contribution in [2.45, 2.75) is 365 Å². The number of aliphatic hydroxyl groups is 5. The largest absolute Gasteiger partial charge is 0.394 e. The topological polar surface area (TPSA) is 149 Å². The van der Waals surface area contributed by atoms with Crippen LogP contribution in [0.15, 0.2) is 134 Å². The van der Waals surface area contributed by atoms with Gasteiger partial charge in [0.05, 0.1) is 25.4 Å². The molecule has 0 bridgehead atoms. The molecule has 1 saturated heterocycles. The molecule has 7 atom stereocenters. The third kappa shape index (κ3) is 57.5. The number of amides is 1. The Bertz CT molecular complexity index is 1910. The van der Waals surface area contributed by atoms with Crippen molar-refractivity contribution in [3.05, 3.63) is 134 Å². The molecule has 0 aromatic heterocycles. The first kappa shape index (κ1) is 85.3. The van der Waals surface area contributed by atoms with Crippen LogP contribution < -0.4 is 5.32 Å². The number of ether oxygens (including phenoxy) is 2. The first-order valence-corrected chi connectivity index (χ1v) is 37.9. The molecule has 1 amide bonds. The fourth-order valence-corrected chi connectivity index (χ4v) is 11.3. The Balaban J connectivity index is 2.12. The lowest BCUT2D eigenvalue weighted by Crippen LogP contribution is -2.60. The second-order valence-corrected chi connectivity index (χ2v) is 25.7. The molecule has 0 radical (unpaired) electrons. The van der Waals surface area contributed by atoms with Crippen molar-refractivity contribution in [2.75, 3.05) is 13.2 Å². The molecule has 0 aliphatic carbocycles. The number of allylic oxidation sites excluding steroid dienone is 21. The first-order valence-electron chi connectivity index (χ1n) is 37.9. The van der Waals surface area contributed by atoms with Crippen LogP contribution in [0.2, 0.25) is 0 Å². The van der Waals surface area contributed by atoms with E-state index in [4.69, 9.17) is 9.47 Å². The molecule has 9 heteroatoms. The van der Waals surface area contributed by atoms with Crippen LogP contribution in [0.3, 0.4) is 0 Å². The van der Waals surface area contributed by atoms with Gasteiger partial charge in [-0.15, -0.1) is 0 Å². The SMILES string of the molecule is CC/C=C\C/C=C\C/C=C\C/C=C\C/C=C\C/C=C\C/C=C\C/C=C\CCCCCCCCCCCCCCCCCCC(=O)NC(COC1OC(CO)C(O)C(O)C1O)C(O)/C=C/CC/C=C/CC/C=C/CCCCCCCCCCCCCCCCCCC. The van der Waals surface area contributed by atoms with Crippen molar-refractivity contribution in [1.29, 1.82) is 0 Å². The molecule has 9 nitrogen and oxygen atoms in total. The van der Waals surface area contributed by atoms with E-state index in [0.717, 1.165) is 96.3 Å². The fourth-order valence-electron chi connectivity index (χ4n) is 11.3. The van der Waals surface area contributed by atoms with Crippen LogP contribution >= 0.6 is 0 Å². The number of nitrogens with one attached hydrogen (secondary N) is 1. The molecule has 522 valence electrons. The van der Waals surface area contributed by atoms with E-state index in [-0.39, 0.29) is 12.5 Å². The Morgan fingerprint density at radius 1 is 0.385 bits per heavy atom. The minimum Gasteiger partial charge on any atom is -0.394 e. The number of unbranched alkanes of at least 4 members (excludes halogenated alkanes) is 35. The Kier molecular flexibility index (Phi) is 64.9. The number of carbonyl (C=O) groups excluding carboxylic acids is 1. The van der Waals surface area contributed by atoms with Crippen LogP contribution in [0, 0.1) is 0 Å². The van der Waals surface area contributed by atoms with Gasteiger partial charge in [-0.1, -0.05) is 340 Å². The second kappa shape index (κ2) is 69.2. The Hall–Kier alpha value is -3.67. The standard InChI is InChI=1S/C82H141NO8/c1-3-5-7-9-11-13-15-17-19-21-23-25-27-29-31-32-33-34-35-36-37-38-39-40-41-42-43-44-46-48-50-52-54-56-58-60-62-64-66-68-70-72-78(86)83-75(74-90-82-81(89)80(88)79(87)77(73-84)91-82)76(85)71-69-67-65-63-61-59-57-55-53-51-49-47-45-30-28-26-24-22-20-18-16-14-12-10-8-6-4-2/h5,7,11,13,17,19,23,25,29,31,33-34,36-37,39-40,53,55,61,63,69,71,75-77,79-82,84-85,87-89H,3-4,6,8-10,12,14-16,18,20-22,24,26-28,30,32,35,38,41-52,54,56-60,62,64-68,70,72-74H2,1-2H3,(H,83,86)/b7-5-,13-11-,19-17-,25-23-,31-29-,34-33-,37-36-,40-39-,55-53+,63-61+,71-69+. The van der Waals surface area contributed by atoms with Gasteiger partial charge in [-0.3, -0.25) is 4.79 Å². The van der Waals surface area contributed by atoms with Gasteiger partial charge in [0.25, 0.3) is 0 Å². The lowest BCUT2D eigenvalue weighted by Gasteiger charge is -2.40. The molecule has 1 aliphatic rings. The molecule has 1 heterocycles. The van der Waals surface area contributed by atoms with Crippen LogP contribution in [-0.2, 0) is 14.3 Å². The Morgan fingerprint density at radius 2 is 0.692 bits per heavy atom. The minimum absolute atomic E-state index is 0.191. The van der Waals surface area contributed by atoms with E-state index in [1.54, 1.807) is 6.08 Å². The monoisotopic (exact) mass is 1270 g/mol. The normalized spacial score (nSPS) is 18.5. The highest BCUT2D eigenvalue weighted by Gasteiger charge is 2.44. The summed E-state index contributed by atoms with van der Waals surface area (Å²) in [6.45, 7) is 3.67. The van der Waals surface area contributed by atoms with Crippen molar-refractivity contribution in [3.63, 3.8) is 0 Å². The molecule has 6 N–H and O–H groups in total. The van der Waals surface area contributed by atoms with Gasteiger partial charge in [0.1, 0.15) is 24.4 Å². The maximum atomic E-state index is 13.1. The number of rotatable bonds is 65. The zero-order valence-corrected chi connectivity index (χ0v) is 58.6. The number of hydrogen-bond acceptors (Lipinski definition) is 8. The van der Waals surface area contributed by atoms with Gasteiger partial charge in [-0.05, 0) is 109 Å². The van der Waals surface area contributed by atoms with Crippen LogP contribution in [0.4, 0.5) is 0 Å². The molecule has 0 saturated carbocycles. The predicted molar refractivity (Wildman–Crippen MR) is 391 cm³/mol. The zero-order chi connectivity index (χ0) is 65.7. The van der Waals surface area contributed by atoms with Crippen LogP contribution in [0.5, 0.6) is 0 Å². The zero-order valence-electron chi connectivity index (χ0n) is 58.6. The molecule has 1 fully saturated rings. The van der Waals surface area contributed by atoms with Gasteiger partial charge in [0.15, 0.2) is 6.29 Å². The van der Waals surface area contributed by atoms with Crippen molar-refractivity contribution in [2.24, 2.45) is 0 Å². The van der Waals surface area contributed by atoms with E-state index in [2.05, 4.69) is 141 Å². The summed E-state index contributed by atoms with van der Waals surface area (Å²) < 4.78 is 11.3. The quantitative estimate of drug-likeness (QED) is 0.0261. The summed E-state index contributed by atoms with van der Waals surface area (Å²) in [7, 11) is 0. The molecule has 1 rings (SSSR count). The summed E-state index contributed by atoms with van der Waals surface area (Å²) in [5.74, 6) is -0.191. The van der Waals surface area contributed by atoms with Crippen molar-refractivity contribution in [1.82, 2.24) is 5.32 Å². The smallest absolute Gasteiger partial charge is 0.220 e. The van der Waals surface area contributed by atoms with Gasteiger partial charge in [0.2, 0.25) is 5.91 Å². The lowest BCUT2D eigenvalue weighted by atomic mass is 9.99. The highest BCUT2D eigenvalue weighted by atomic mass is 16.7. The second-order valence-electron chi connectivity index (χ2n) is 25.7. The molecule has 0 aromatic rings. The van der Waals surface area contributed by atoms with Crippen molar-refractivity contribution >= 4 is 5.91 Å². The Labute approximate surface area is 560 Å². The fraction of sp³-hybridized carbons (Fsp3) is 0.720. The minimum atomic E-state index is -1.58. The average molecular weight is 1270 g/mol. The van der Waals surface area contributed by atoms with Crippen molar-refractivity contribution in [3.8, 4) is 0 Å². The van der Waals surface area contributed by atoms with E-state index in [9.17, 15) is 30.3 Å². The summed E-state index contributed by atoms with van der Waals surface area (Å²) in [5, 5.41) is 54.8. The first-order chi connectivity index (χ1) is 44.8. The van der Waals surface area contributed by atoms with Crippen LogP contribution in [0.1, 0.15) is 322 Å². The number of aliphatic hydroxyl groups excluding tert-OH is 5. The lowest BCUT2D eigenvalue weighted by molar-refractivity contribution is -0.302. The highest BCUT2D eigenvalue weighted by molar-refractivity contribution is 5.76. The number of hydrogen-bond donors (Lipinski definition) is 6. The van der Waals surface area contributed by atoms with E-state index >= 15 is 0 Å². The summed E-state index contributed by atoms with van der Waals surface area (Å²) in [5.41, 5.74) is 0. The van der Waals surface area contributed by atoms with Crippen LogP contribution in [0.25, 0.3) is 0 Å². The van der Waals surface area contributed by atoms with Gasteiger partial charge >= 0.3 is 0 Å². The van der Waals surface area contributed by atoms with E-state index in [1.165, 1.54) is 205 Å². The molecule has 0 aromatic carbocycles. The maximum Gasteiger partial charge on any atom is 0.220 e. The van der Waals surface area contributed by atoms with E-state index < -0.39 is 49.5 Å². The maximum absolute atomic E-state index is 13.1. The average Bonchev–Trinajstić information content (AvgIpc) is 1.58. The van der Waals surface area contributed by atoms with Gasteiger partial charge in [0, 0.05) is 6.42 Å².